The van der Waals surface area contributed by atoms with Gasteiger partial charge in [-0.05, 0) is 30.0 Å². The molecule has 1 aromatic rings. The standard InChI is InChI=1S/C11H15Cl/c1-3-6-10-9(4-2)7-5-8-11(10)12/h5,7-8H,3-4,6H2,1-2H3. The molecule has 0 aliphatic carbocycles. The van der Waals surface area contributed by atoms with E-state index in [2.05, 4.69) is 19.9 Å². The minimum atomic E-state index is 0.927. The first kappa shape index (κ1) is 9.60. The molecule has 0 saturated heterocycles. The van der Waals surface area contributed by atoms with Gasteiger partial charge in [0.1, 0.15) is 0 Å². The lowest BCUT2D eigenvalue weighted by Gasteiger charge is -2.07. The van der Waals surface area contributed by atoms with E-state index in [0.717, 1.165) is 24.3 Å². The van der Waals surface area contributed by atoms with Crippen LogP contribution in [-0.4, -0.2) is 0 Å². The van der Waals surface area contributed by atoms with Gasteiger partial charge in [-0.2, -0.15) is 0 Å². The molecule has 66 valence electrons. The summed E-state index contributed by atoms with van der Waals surface area (Å²) < 4.78 is 0. The normalized spacial score (nSPS) is 10.2. The number of benzene rings is 1. The molecule has 0 aliphatic rings. The second kappa shape index (κ2) is 4.51. The smallest absolute Gasteiger partial charge is 0.0440 e. The van der Waals surface area contributed by atoms with Gasteiger partial charge in [-0.3, -0.25) is 0 Å². The fourth-order valence-corrected chi connectivity index (χ4v) is 1.75. The van der Waals surface area contributed by atoms with E-state index in [0.29, 0.717) is 0 Å². The van der Waals surface area contributed by atoms with E-state index < -0.39 is 0 Å². The van der Waals surface area contributed by atoms with Crippen LogP contribution in [0.1, 0.15) is 31.4 Å². The molecule has 0 unspecified atom stereocenters. The van der Waals surface area contributed by atoms with Crippen molar-refractivity contribution >= 4 is 11.6 Å². The van der Waals surface area contributed by atoms with Crippen molar-refractivity contribution in [1.82, 2.24) is 0 Å². The number of hydrogen-bond acceptors (Lipinski definition) is 0. The minimum Gasteiger partial charge on any atom is -0.0840 e. The third-order valence-corrected chi connectivity index (χ3v) is 2.45. The molecule has 0 heterocycles. The Balaban J connectivity index is 3.02. The van der Waals surface area contributed by atoms with Gasteiger partial charge in [0, 0.05) is 5.02 Å². The maximum Gasteiger partial charge on any atom is 0.0440 e. The molecule has 0 nitrogen and oxygen atoms in total. The van der Waals surface area contributed by atoms with Crippen molar-refractivity contribution < 1.29 is 0 Å². The van der Waals surface area contributed by atoms with Gasteiger partial charge < -0.3 is 0 Å². The SMILES string of the molecule is CCCc1c(Cl)cccc1CC. The number of rotatable bonds is 3. The first-order valence-corrected chi connectivity index (χ1v) is 4.93. The van der Waals surface area contributed by atoms with Crippen LogP contribution in [-0.2, 0) is 12.8 Å². The van der Waals surface area contributed by atoms with E-state index in [4.69, 9.17) is 11.6 Å². The summed E-state index contributed by atoms with van der Waals surface area (Å²) in [6, 6.07) is 6.17. The Labute approximate surface area is 79.6 Å². The molecule has 12 heavy (non-hydrogen) atoms. The van der Waals surface area contributed by atoms with E-state index in [1.54, 1.807) is 0 Å². The molecule has 0 saturated carbocycles. The van der Waals surface area contributed by atoms with Crippen molar-refractivity contribution in [2.45, 2.75) is 33.1 Å². The van der Waals surface area contributed by atoms with Crippen LogP contribution >= 0.6 is 11.6 Å². The summed E-state index contributed by atoms with van der Waals surface area (Å²) in [5, 5.41) is 0.927. The molecule has 1 heteroatoms. The van der Waals surface area contributed by atoms with Crippen molar-refractivity contribution in [3.05, 3.63) is 34.3 Å². The highest BCUT2D eigenvalue weighted by molar-refractivity contribution is 6.31. The Morgan fingerprint density at radius 2 is 2.00 bits per heavy atom. The van der Waals surface area contributed by atoms with E-state index in [1.165, 1.54) is 11.1 Å². The molecule has 0 amide bonds. The highest BCUT2D eigenvalue weighted by atomic mass is 35.5. The molecule has 0 aromatic heterocycles. The Kier molecular flexibility index (Phi) is 3.61. The van der Waals surface area contributed by atoms with Gasteiger partial charge in [-0.1, -0.05) is 44.0 Å². The molecule has 0 N–H and O–H groups in total. The molecular weight excluding hydrogens is 168 g/mol. The maximum atomic E-state index is 6.09. The Morgan fingerprint density at radius 1 is 1.25 bits per heavy atom. The van der Waals surface area contributed by atoms with E-state index in [-0.39, 0.29) is 0 Å². The predicted octanol–water partition coefficient (Wildman–Crippen LogP) is 3.85. The van der Waals surface area contributed by atoms with Crippen molar-refractivity contribution in [1.29, 1.82) is 0 Å². The molecular formula is C11H15Cl. The first-order valence-electron chi connectivity index (χ1n) is 4.55. The van der Waals surface area contributed by atoms with Crippen LogP contribution in [0.2, 0.25) is 5.02 Å². The average Bonchev–Trinajstić information content (AvgIpc) is 2.09. The molecule has 0 spiro atoms. The predicted molar refractivity (Wildman–Crippen MR) is 54.8 cm³/mol. The molecule has 0 atom stereocenters. The number of aryl methyl sites for hydroxylation is 1. The van der Waals surface area contributed by atoms with Crippen molar-refractivity contribution in [3.63, 3.8) is 0 Å². The van der Waals surface area contributed by atoms with Crippen LogP contribution in [0.15, 0.2) is 18.2 Å². The van der Waals surface area contributed by atoms with E-state index in [1.807, 2.05) is 12.1 Å². The summed E-state index contributed by atoms with van der Waals surface area (Å²) in [4.78, 5) is 0. The van der Waals surface area contributed by atoms with Crippen LogP contribution in [0, 0.1) is 0 Å². The van der Waals surface area contributed by atoms with Crippen molar-refractivity contribution in [3.8, 4) is 0 Å². The number of halogens is 1. The average molecular weight is 183 g/mol. The molecule has 1 aromatic carbocycles. The van der Waals surface area contributed by atoms with Gasteiger partial charge in [0.15, 0.2) is 0 Å². The Morgan fingerprint density at radius 3 is 2.58 bits per heavy atom. The quantitative estimate of drug-likeness (QED) is 0.666. The number of hydrogen-bond donors (Lipinski definition) is 0. The van der Waals surface area contributed by atoms with E-state index in [9.17, 15) is 0 Å². The van der Waals surface area contributed by atoms with Gasteiger partial charge in [-0.15, -0.1) is 0 Å². The van der Waals surface area contributed by atoms with Crippen LogP contribution in [0.3, 0.4) is 0 Å². The van der Waals surface area contributed by atoms with Gasteiger partial charge in [0.25, 0.3) is 0 Å². The third-order valence-electron chi connectivity index (χ3n) is 2.10. The fourth-order valence-electron chi connectivity index (χ4n) is 1.46. The Hall–Kier alpha value is -0.490. The lowest BCUT2D eigenvalue weighted by molar-refractivity contribution is 0.899. The highest BCUT2D eigenvalue weighted by Gasteiger charge is 2.03. The topological polar surface area (TPSA) is 0 Å². The largest absolute Gasteiger partial charge is 0.0840 e. The van der Waals surface area contributed by atoms with Crippen molar-refractivity contribution in [2.24, 2.45) is 0 Å². The maximum absolute atomic E-state index is 6.09. The molecule has 0 fully saturated rings. The lowest BCUT2D eigenvalue weighted by Crippen LogP contribution is -1.92. The van der Waals surface area contributed by atoms with Crippen LogP contribution < -0.4 is 0 Å². The highest BCUT2D eigenvalue weighted by Crippen LogP contribution is 2.21. The monoisotopic (exact) mass is 182 g/mol. The summed E-state index contributed by atoms with van der Waals surface area (Å²) in [5.74, 6) is 0. The zero-order valence-electron chi connectivity index (χ0n) is 7.73. The first-order chi connectivity index (χ1) is 5.79. The Bertz CT molecular complexity index is 253. The van der Waals surface area contributed by atoms with Gasteiger partial charge in [0.05, 0.1) is 0 Å². The molecule has 1 rings (SSSR count). The summed E-state index contributed by atoms with van der Waals surface area (Å²) in [5.41, 5.74) is 2.73. The van der Waals surface area contributed by atoms with Crippen LogP contribution in [0.5, 0.6) is 0 Å². The summed E-state index contributed by atoms with van der Waals surface area (Å²) >= 11 is 6.09. The van der Waals surface area contributed by atoms with Gasteiger partial charge in [-0.25, -0.2) is 0 Å². The van der Waals surface area contributed by atoms with Crippen LogP contribution in [0.4, 0.5) is 0 Å². The molecule has 0 aliphatic heterocycles. The van der Waals surface area contributed by atoms with Crippen LogP contribution in [0.25, 0.3) is 0 Å². The second-order valence-electron chi connectivity index (χ2n) is 2.98. The van der Waals surface area contributed by atoms with Gasteiger partial charge in [0.2, 0.25) is 0 Å². The zero-order chi connectivity index (χ0) is 8.97. The molecule has 0 radical (unpaired) electrons. The van der Waals surface area contributed by atoms with Crippen molar-refractivity contribution in [2.75, 3.05) is 0 Å². The summed E-state index contributed by atoms with van der Waals surface area (Å²) in [7, 11) is 0. The fraction of sp³-hybridized carbons (Fsp3) is 0.455. The third kappa shape index (κ3) is 2.01. The zero-order valence-corrected chi connectivity index (χ0v) is 8.49. The minimum absolute atomic E-state index is 0.927. The second-order valence-corrected chi connectivity index (χ2v) is 3.39. The lowest BCUT2D eigenvalue weighted by atomic mass is 10.0. The summed E-state index contributed by atoms with van der Waals surface area (Å²) in [6.07, 6.45) is 3.34. The summed E-state index contributed by atoms with van der Waals surface area (Å²) in [6.45, 7) is 4.35. The van der Waals surface area contributed by atoms with Gasteiger partial charge >= 0.3 is 0 Å². The molecule has 0 bridgehead atoms. The van der Waals surface area contributed by atoms with E-state index >= 15 is 0 Å².